The van der Waals surface area contributed by atoms with Gasteiger partial charge in [-0.05, 0) is 44.2 Å². The molecule has 1 saturated heterocycles. The third-order valence-corrected chi connectivity index (χ3v) is 5.40. The molecule has 2 N–H and O–H groups in total. The van der Waals surface area contributed by atoms with Crippen molar-refractivity contribution in [3.05, 3.63) is 35.4 Å². The van der Waals surface area contributed by atoms with Crippen LogP contribution in [0.25, 0.3) is 0 Å². The molecule has 2 aliphatic rings. The van der Waals surface area contributed by atoms with E-state index in [1.807, 2.05) is 0 Å². The predicted molar refractivity (Wildman–Crippen MR) is 111 cm³/mol. The molecule has 4 nitrogen and oxygen atoms in total. The summed E-state index contributed by atoms with van der Waals surface area (Å²) < 4.78 is 44.7. The zero-order valence-electron chi connectivity index (χ0n) is 15.7. The number of alkyl halides is 3. The Hall–Kier alpha value is -1.03. The van der Waals surface area contributed by atoms with Crippen LogP contribution in [0.5, 0.6) is 0 Å². The normalized spacial score (nSPS) is 24.3. The molecule has 8 heteroatoms. The quantitative estimate of drug-likeness (QED) is 0.366. The fourth-order valence-corrected chi connectivity index (χ4v) is 3.46. The molecular weight excluding hydrogens is 470 g/mol. The summed E-state index contributed by atoms with van der Waals surface area (Å²) in [6.07, 6.45) is -0.500. The highest BCUT2D eigenvalue weighted by Crippen LogP contribution is 2.48. The smallest absolute Gasteiger partial charge is 0.373 e. The van der Waals surface area contributed by atoms with Crippen molar-refractivity contribution in [2.75, 3.05) is 26.7 Å². The zero-order valence-corrected chi connectivity index (χ0v) is 18.0. The fraction of sp³-hybridized carbons (Fsp3) is 0.632. The van der Waals surface area contributed by atoms with Gasteiger partial charge in [0.2, 0.25) is 0 Å². The van der Waals surface area contributed by atoms with Gasteiger partial charge in [0.1, 0.15) is 0 Å². The molecule has 2 fully saturated rings. The van der Waals surface area contributed by atoms with E-state index in [0.717, 1.165) is 43.9 Å². The van der Waals surface area contributed by atoms with Crippen LogP contribution in [-0.4, -0.2) is 38.3 Å². The number of rotatable bonds is 5. The third-order valence-electron chi connectivity index (χ3n) is 5.40. The number of nitrogens with one attached hydrogen (secondary N) is 2. The predicted octanol–water partition coefficient (Wildman–Crippen LogP) is 4.09. The van der Waals surface area contributed by atoms with Gasteiger partial charge in [-0.1, -0.05) is 18.2 Å². The van der Waals surface area contributed by atoms with Gasteiger partial charge in [0, 0.05) is 32.2 Å². The molecule has 1 aromatic carbocycles. The van der Waals surface area contributed by atoms with E-state index < -0.39 is 11.7 Å². The van der Waals surface area contributed by atoms with Crippen LogP contribution in [0.15, 0.2) is 29.3 Å². The van der Waals surface area contributed by atoms with Crippen molar-refractivity contribution < 1.29 is 17.9 Å². The number of aliphatic imine (C=N–C) groups is 1. The minimum absolute atomic E-state index is 0. The summed E-state index contributed by atoms with van der Waals surface area (Å²) in [5.41, 5.74) is -0.279. The Morgan fingerprint density at radius 3 is 2.44 bits per heavy atom. The van der Waals surface area contributed by atoms with Gasteiger partial charge in [0.15, 0.2) is 5.96 Å². The van der Waals surface area contributed by atoms with Gasteiger partial charge in [-0.3, -0.25) is 4.99 Å². The van der Waals surface area contributed by atoms with Crippen molar-refractivity contribution in [1.82, 2.24) is 10.6 Å². The van der Waals surface area contributed by atoms with E-state index in [0.29, 0.717) is 19.0 Å². The van der Waals surface area contributed by atoms with Crippen LogP contribution < -0.4 is 10.6 Å². The van der Waals surface area contributed by atoms with Crippen LogP contribution in [0.1, 0.15) is 43.7 Å². The molecule has 1 heterocycles. The lowest BCUT2D eigenvalue weighted by atomic mass is 9.94. The van der Waals surface area contributed by atoms with Crippen molar-refractivity contribution in [2.24, 2.45) is 4.99 Å². The molecule has 3 rings (SSSR count). The van der Waals surface area contributed by atoms with E-state index in [2.05, 4.69) is 22.5 Å². The first kappa shape index (κ1) is 22.3. The summed E-state index contributed by atoms with van der Waals surface area (Å²) in [5.74, 6) is 0.653. The van der Waals surface area contributed by atoms with Crippen molar-refractivity contribution in [3.8, 4) is 0 Å². The molecule has 1 atom stereocenters. The van der Waals surface area contributed by atoms with E-state index in [1.54, 1.807) is 13.1 Å². The number of guanidine groups is 1. The van der Waals surface area contributed by atoms with E-state index in [1.165, 1.54) is 12.1 Å². The lowest BCUT2D eigenvalue weighted by Crippen LogP contribution is -2.47. The van der Waals surface area contributed by atoms with Crippen molar-refractivity contribution in [2.45, 2.75) is 49.8 Å². The van der Waals surface area contributed by atoms with Crippen LogP contribution in [0.3, 0.4) is 0 Å². The molecule has 1 unspecified atom stereocenters. The number of hydrogen-bond acceptors (Lipinski definition) is 2. The molecule has 0 radical (unpaired) electrons. The van der Waals surface area contributed by atoms with Crippen molar-refractivity contribution in [1.29, 1.82) is 0 Å². The molecule has 152 valence electrons. The average Bonchev–Trinajstić information content (AvgIpc) is 3.28. The minimum atomic E-state index is -4.31. The first-order valence-corrected chi connectivity index (χ1v) is 9.03. The summed E-state index contributed by atoms with van der Waals surface area (Å²) in [4.78, 5) is 4.22. The lowest BCUT2D eigenvalue weighted by Gasteiger charge is -2.25. The summed E-state index contributed by atoms with van der Waals surface area (Å²) in [5, 5.41) is 6.55. The number of ether oxygens (including phenoxy) is 1. The Balaban J connectivity index is 0.00000261. The summed E-state index contributed by atoms with van der Waals surface area (Å²) >= 11 is 0. The van der Waals surface area contributed by atoms with Crippen LogP contribution in [0.2, 0.25) is 0 Å². The van der Waals surface area contributed by atoms with Crippen LogP contribution >= 0.6 is 24.0 Å². The monoisotopic (exact) mass is 497 g/mol. The molecular formula is C19H27F3IN3O. The van der Waals surface area contributed by atoms with E-state index in [4.69, 9.17) is 4.74 Å². The molecule has 1 aliphatic carbocycles. The summed E-state index contributed by atoms with van der Waals surface area (Å²) in [6, 6.07) is 5.67. The number of nitrogens with zero attached hydrogens (tertiary/aromatic N) is 1. The zero-order chi connectivity index (χ0) is 18.8. The highest BCUT2D eigenvalue weighted by Gasteiger charge is 2.45. The fourth-order valence-electron chi connectivity index (χ4n) is 3.46. The highest BCUT2D eigenvalue weighted by molar-refractivity contribution is 14.0. The molecule has 0 bridgehead atoms. The number of hydrogen-bond donors (Lipinski definition) is 2. The Labute approximate surface area is 175 Å². The third kappa shape index (κ3) is 5.49. The SMILES string of the molecule is CN=C(NCC1(C)CCCO1)NCC1(c2cccc(C(F)(F)F)c2)CC1.I. The Morgan fingerprint density at radius 2 is 1.89 bits per heavy atom. The summed E-state index contributed by atoms with van der Waals surface area (Å²) in [7, 11) is 1.69. The first-order valence-electron chi connectivity index (χ1n) is 9.03. The van der Waals surface area contributed by atoms with Gasteiger partial charge in [0.25, 0.3) is 0 Å². The largest absolute Gasteiger partial charge is 0.416 e. The molecule has 0 aromatic heterocycles. The van der Waals surface area contributed by atoms with Gasteiger partial charge < -0.3 is 15.4 Å². The maximum absolute atomic E-state index is 13.0. The van der Waals surface area contributed by atoms with Gasteiger partial charge in [0.05, 0.1) is 11.2 Å². The lowest BCUT2D eigenvalue weighted by molar-refractivity contribution is -0.137. The van der Waals surface area contributed by atoms with Crippen LogP contribution in [0, 0.1) is 0 Å². The van der Waals surface area contributed by atoms with Crippen LogP contribution in [-0.2, 0) is 16.3 Å². The van der Waals surface area contributed by atoms with Gasteiger partial charge in [-0.15, -0.1) is 24.0 Å². The van der Waals surface area contributed by atoms with E-state index in [-0.39, 0.29) is 35.0 Å². The second-order valence-corrected chi connectivity index (χ2v) is 7.54. The Morgan fingerprint density at radius 1 is 1.19 bits per heavy atom. The summed E-state index contributed by atoms with van der Waals surface area (Å²) in [6.45, 7) is 4.07. The molecule has 0 spiro atoms. The Kier molecular flexibility index (Phi) is 7.05. The molecule has 1 aliphatic heterocycles. The second-order valence-electron chi connectivity index (χ2n) is 7.54. The standard InChI is InChI=1S/C19H26F3N3O.HI/c1-17(7-4-10-26-17)12-24-16(23-2)25-13-18(8-9-18)14-5-3-6-15(11-14)19(20,21)22;/h3,5-6,11H,4,7-10,12-13H2,1-2H3,(H2,23,24,25);1H. The molecule has 27 heavy (non-hydrogen) atoms. The van der Waals surface area contributed by atoms with Gasteiger partial charge >= 0.3 is 6.18 Å². The van der Waals surface area contributed by atoms with E-state index >= 15 is 0 Å². The van der Waals surface area contributed by atoms with Crippen molar-refractivity contribution in [3.63, 3.8) is 0 Å². The molecule has 1 saturated carbocycles. The maximum Gasteiger partial charge on any atom is 0.416 e. The van der Waals surface area contributed by atoms with E-state index in [9.17, 15) is 13.2 Å². The molecule has 1 aromatic rings. The van der Waals surface area contributed by atoms with Crippen molar-refractivity contribution >= 4 is 29.9 Å². The maximum atomic E-state index is 13.0. The minimum Gasteiger partial charge on any atom is -0.373 e. The average molecular weight is 497 g/mol. The topological polar surface area (TPSA) is 45.7 Å². The Bertz CT molecular complexity index is 668. The first-order chi connectivity index (χ1) is 12.3. The highest BCUT2D eigenvalue weighted by atomic mass is 127. The second kappa shape index (κ2) is 8.55. The molecule has 0 amide bonds. The van der Waals surface area contributed by atoms with Crippen LogP contribution in [0.4, 0.5) is 13.2 Å². The van der Waals surface area contributed by atoms with Gasteiger partial charge in [-0.25, -0.2) is 0 Å². The number of halogens is 4. The van der Waals surface area contributed by atoms with Gasteiger partial charge in [-0.2, -0.15) is 13.2 Å². The number of benzene rings is 1.